The number of hydrogen-bond donors (Lipinski definition) is 2. The van der Waals surface area contributed by atoms with Crippen molar-refractivity contribution in [2.45, 2.75) is 31.9 Å². The largest absolute Gasteiger partial charge is 0.388 e. The van der Waals surface area contributed by atoms with Crippen LogP contribution in [-0.4, -0.2) is 55.1 Å². The standard InChI is InChI=1S/C16H19F2N5O/c1-2-22-6-4-12(16(17,18)9-22)23-13(8-24)21-11-7-20-15-10(14(11)23)3-5-19-15/h3,5,7,12,24H,2,4,6,8-9H2,1H3,(H,19,20). The molecule has 0 aliphatic carbocycles. The summed E-state index contributed by atoms with van der Waals surface area (Å²) in [5, 5.41) is 10.4. The highest BCUT2D eigenvalue weighted by Gasteiger charge is 2.46. The number of piperidine rings is 1. The molecule has 1 atom stereocenters. The van der Waals surface area contributed by atoms with E-state index in [-0.39, 0.29) is 19.0 Å². The van der Waals surface area contributed by atoms with Gasteiger partial charge in [0.2, 0.25) is 0 Å². The summed E-state index contributed by atoms with van der Waals surface area (Å²) in [4.78, 5) is 13.3. The third-order valence-electron chi connectivity index (χ3n) is 4.85. The molecule has 0 spiro atoms. The topological polar surface area (TPSA) is 70.0 Å². The van der Waals surface area contributed by atoms with Crippen LogP contribution in [0.25, 0.3) is 22.1 Å². The van der Waals surface area contributed by atoms with Crippen molar-refractivity contribution in [3.8, 4) is 0 Å². The Kier molecular flexibility index (Phi) is 3.54. The van der Waals surface area contributed by atoms with Gasteiger partial charge < -0.3 is 14.7 Å². The van der Waals surface area contributed by atoms with Crippen LogP contribution in [0.4, 0.5) is 8.78 Å². The summed E-state index contributed by atoms with van der Waals surface area (Å²) in [6.07, 6.45) is 3.60. The average Bonchev–Trinajstić information content (AvgIpc) is 3.16. The van der Waals surface area contributed by atoms with Crippen molar-refractivity contribution >= 4 is 22.1 Å². The number of halogens is 2. The number of aromatic amines is 1. The van der Waals surface area contributed by atoms with E-state index in [9.17, 15) is 13.9 Å². The molecule has 3 aromatic heterocycles. The Hall–Kier alpha value is -2.06. The SMILES string of the molecule is CCN1CCC(n2c(CO)nc3cnc4[nH]ccc4c32)C(F)(F)C1. The van der Waals surface area contributed by atoms with Gasteiger partial charge in [-0.3, -0.25) is 4.90 Å². The minimum atomic E-state index is -2.89. The lowest BCUT2D eigenvalue weighted by atomic mass is 10.00. The van der Waals surface area contributed by atoms with Gasteiger partial charge in [-0.2, -0.15) is 0 Å². The Bertz CT molecular complexity index is 887. The van der Waals surface area contributed by atoms with Gasteiger partial charge in [-0.1, -0.05) is 6.92 Å². The molecule has 1 aliphatic heterocycles. The Morgan fingerprint density at radius 1 is 1.46 bits per heavy atom. The number of aliphatic hydroxyl groups excluding tert-OH is 1. The van der Waals surface area contributed by atoms with Gasteiger partial charge in [0.1, 0.15) is 29.6 Å². The molecule has 1 saturated heterocycles. The van der Waals surface area contributed by atoms with Crippen LogP contribution < -0.4 is 0 Å². The zero-order valence-electron chi connectivity index (χ0n) is 13.3. The number of pyridine rings is 1. The molecule has 3 aromatic rings. The molecular formula is C16H19F2N5O. The lowest BCUT2D eigenvalue weighted by molar-refractivity contribution is -0.102. The van der Waals surface area contributed by atoms with E-state index in [2.05, 4.69) is 15.0 Å². The molecule has 128 valence electrons. The number of nitrogens with one attached hydrogen (secondary N) is 1. The van der Waals surface area contributed by atoms with Crippen molar-refractivity contribution in [3.05, 3.63) is 24.3 Å². The first kappa shape index (κ1) is 15.5. The number of nitrogens with zero attached hydrogens (tertiary/aromatic N) is 4. The molecule has 1 unspecified atom stereocenters. The van der Waals surface area contributed by atoms with Gasteiger partial charge in [-0.05, 0) is 19.0 Å². The molecule has 0 saturated carbocycles. The number of aromatic nitrogens is 4. The molecule has 0 aromatic carbocycles. The van der Waals surface area contributed by atoms with Gasteiger partial charge in [-0.25, -0.2) is 18.7 Å². The van der Waals surface area contributed by atoms with Crippen molar-refractivity contribution in [2.75, 3.05) is 19.6 Å². The molecule has 0 bridgehead atoms. The molecule has 0 radical (unpaired) electrons. The summed E-state index contributed by atoms with van der Waals surface area (Å²) >= 11 is 0. The minimum Gasteiger partial charge on any atom is -0.388 e. The minimum absolute atomic E-state index is 0.259. The molecule has 1 fully saturated rings. The maximum atomic E-state index is 14.8. The van der Waals surface area contributed by atoms with E-state index in [4.69, 9.17) is 0 Å². The van der Waals surface area contributed by atoms with E-state index < -0.39 is 12.0 Å². The lowest BCUT2D eigenvalue weighted by Crippen LogP contribution is -2.49. The predicted molar refractivity (Wildman–Crippen MR) is 86.0 cm³/mol. The molecule has 6 nitrogen and oxygen atoms in total. The van der Waals surface area contributed by atoms with E-state index in [1.165, 1.54) is 4.57 Å². The number of aliphatic hydroxyl groups is 1. The molecule has 4 heterocycles. The molecule has 8 heteroatoms. The Balaban J connectivity index is 1.93. The molecule has 24 heavy (non-hydrogen) atoms. The van der Waals surface area contributed by atoms with Crippen LogP contribution >= 0.6 is 0 Å². The molecule has 2 N–H and O–H groups in total. The van der Waals surface area contributed by atoms with E-state index in [1.54, 1.807) is 17.3 Å². The number of alkyl halides is 2. The van der Waals surface area contributed by atoms with Crippen molar-refractivity contribution in [1.82, 2.24) is 24.4 Å². The second-order valence-corrected chi connectivity index (χ2v) is 6.22. The number of H-pyrrole nitrogens is 1. The van der Waals surface area contributed by atoms with Gasteiger partial charge in [-0.15, -0.1) is 0 Å². The van der Waals surface area contributed by atoms with Gasteiger partial charge in [0.05, 0.1) is 18.3 Å². The number of imidazole rings is 1. The normalized spacial score (nSPS) is 21.8. The van der Waals surface area contributed by atoms with Crippen molar-refractivity contribution in [3.63, 3.8) is 0 Å². The molecular weight excluding hydrogens is 316 g/mol. The monoisotopic (exact) mass is 335 g/mol. The average molecular weight is 335 g/mol. The smallest absolute Gasteiger partial charge is 0.280 e. The Morgan fingerprint density at radius 2 is 2.29 bits per heavy atom. The van der Waals surface area contributed by atoms with E-state index in [1.807, 2.05) is 13.0 Å². The van der Waals surface area contributed by atoms with E-state index >= 15 is 0 Å². The second-order valence-electron chi connectivity index (χ2n) is 6.22. The Labute approximate surface area is 137 Å². The first-order valence-corrected chi connectivity index (χ1v) is 8.09. The van der Waals surface area contributed by atoms with Gasteiger partial charge in [0.25, 0.3) is 5.92 Å². The van der Waals surface area contributed by atoms with E-state index in [0.717, 1.165) is 5.39 Å². The number of rotatable bonds is 3. The zero-order valence-corrected chi connectivity index (χ0v) is 13.3. The van der Waals surface area contributed by atoms with Crippen molar-refractivity contribution in [2.24, 2.45) is 0 Å². The highest BCUT2D eigenvalue weighted by Crippen LogP contribution is 2.40. The quantitative estimate of drug-likeness (QED) is 0.771. The van der Waals surface area contributed by atoms with Crippen LogP contribution in [0.2, 0.25) is 0 Å². The van der Waals surface area contributed by atoms with Crippen LogP contribution in [0, 0.1) is 0 Å². The number of fused-ring (bicyclic) bond motifs is 3. The summed E-state index contributed by atoms with van der Waals surface area (Å²) in [6, 6.07) is 0.788. The van der Waals surface area contributed by atoms with Crippen LogP contribution in [0.3, 0.4) is 0 Å². The van der Waals surface area contributed by atoms with Crippen molar-refractivity contribution in [1.29, 1.82) is 0 Å². The predicted octanol–water partition coefficient (Wildman–Crippen LogP) is 2.31. The van der Waals surface area contributed by atoms with Crippen LogP contribution in [0.15, 0.2) is 18.5 Å². The van der Waals surface area contributed by atoms with Gasteiger partial charge >= 0.3 is 0 Å². The molecule has 0 amide bonds. The summed E-state index contributed by atoms with van der Waals surface area (Å²) in [5.74, 6) is -2.63. The highest BCUT2D eigenvalue weighted by atomic mass is 19.3. The third kappa shape index (κ3) is 2.21. The fourth-order valence-corrected chi connectivity index (χ4v) is 3.67. The zero-order chi connectivity index (χ0) is 16.9. The summed E-state index contributed by atoms with van der Waals surface area (Å²) < 4.78 is 31.2. The number of likely N-dealkylation sites (tertiary alicyclic amines) is 1. The first-order valence-electron chi connectivity index (χ1n) is 8.09. The van der Waals surface area contributed by atoms with Gasteiger partial charge in [0.15, 0.2) is 0 Å². The fourth-order valence-electron chi connectivity index (χ4n) is 3.67. The Morgan fingerprint density at radius 3 is 3.00 bits per heavy atom. The summed E-state index contributed by atoms with van der Waals surface area (Å²) in [6.45, 7) is 2.43. The first-order chi connectivity index (χ1) is 11.5. The molecule has 1 aliphatic rings. The van der Waals surface area contributed by atoms with Crippen LogP contribution in [0.1, 0.15) is 25.2 Å². The number of hydrogen-bond acceptors (Lipinski definition) is 4. The lowest BCUT2D eigenvalue weighted by Gasteiger charge is -2.39. The summed E-state index contributed by atoms with van der Waals surface area (Å²) in [5.41, 5.74) is 1.77. The van der Waals surface area contributed by atoms with Crippen LogP contribution in [0.5, 0.6) is 0 Å². The maximum Gasteiger partial charge on any atom is 0.280 e. The molecule has 4 rings (SSSR count). The van der Waals surface area contributed by atoms with Gasteiger partial charge in [0, 0.05) is 18.1 Å². The second kappa shape index (κ2) is 5.49. The van der Waals surface area contributed by atoms with Crippen LogP contribution in [-0.2, 0) is 6.61 Å². The maximum absolute atomic E-state index is 14.8. The fraction of sp³-hybridized carbons (Fsp3) is 0.500. The third-order valence-corrected chi connectivity index (χ3v) is 4.85. The van der Waals surface area contributed by atoms with Crippen molar-refractivity contribution < 1.29 is 13.9 Å². The summed E-state index contributed by atoms with van der Waals surface area (Å²) in [7, 11) is 0. The highest BCUT2D eigenvalue weighted by molar-refractivity contribution is 6.01. The van der Waals surface area contributed by atoms with E-state index in [0.29, 0.717) is 36.2 Å².